The lowest BCUT2D eigenvalue weighted by Gasteiger charge is -2.45. The van der Waals surface area contributed by atoms with Crippen LogP contribution in [0, 0.1) is 17.2 Å². The van der Waals surface area contributed by atoms with E-state index in [0.717, 1.165) is 0 Å². The van der Waals surface area contributed by atoms with E-state index in [1.54, 1.807) is 12.1 Å². The normalized spacial score (nSPS) is 35.5. The van der Waals surface area contributed by atoms with E-state index in [1.165, 1.54) is 0 Å². The summed E-state index contributed by atoms with van der Waals surface area (Å²) in [6.07, 6.45) is 0.118. The highest BCUT2D eigenvalue weighted by Gasteiger charge is 2.46. The summed E-state index contributed by atoms with van der Waals surface area (Å²) in [7, 11) is -2.64. The van der Waals surface area contributed by atoms with E-state index in [1.807, 2.05) is 11.0 Å². The summed E-state index contributed by atoms with van der Waals surface area (Å²) in [5.41, 5.74) is -0.202. The first-order chi connectivity index (χ1) is 12.9. The molecule has 2 saturated heterocycles. The van der Waals surface area contributed by atoms with Crippen molar-refractivity contribution in [1.82, 2.24) is 10.2 Å². The Morgan fingerprint density at radius 3 is 2.74 bits per heavy atom. The average molecular weight is 393 g/mol. The molecule has 3 fully saturated rings. The summed E-state index contributed by atoms with van der Waals surface area (Å²) in [4.78, 5) is 13.9. The van der Waals surface area contributed by atoms with Crippen LogP contribution in [0.4, 0.5) is 10.2 Å². The van der Waals surface area contributed by atoms with E-state index in [9.17, 15) is 13.4 Å². The third-order valence-corrected chi connectivity index (χ3v) is 7.57. The molecule has 4 rings (SSSR count). The first kappa shape index (κ1) is 18.3. The van der Waals surface area contributed by atoms with Crippen molar-refractivity contribution in [1.29, 1.82) is 5.26 Å². The zero-order valence-electron chi connectivity index (χ0n) is 14.7. The largest absolute Gasteiger partial charge is 0.371 e. The van der Waals surface area contributed by atoms with Gasteiger partial charge in [0.2, 0.25) is 0 Å². The molecular weight excluding hydrogens is 373 g/mol. The third kappa shape index (κ3) is 3.80. The van der Waals surface area contributed by atoms with Gasteiger partial charge in [0.05, 0.1) is 27.9 Å². The van der Waals surface area contributed by atoms with Crippen LogP contribution >= 0.6 is 0 Å². The summed E-state index contributed by atoms with van der Waals surface area (Å²) in [6, 6.07) is 5.32. The molecule has 1 aromatic rings. The van der Waals surface area contributed by atoms with Crippen molar-refractivity contribution >= 4 is 21.5 Å². The lowest BCUT2D eigenvalue weighted by Crippen LogP contribution is -2.55. The number of nitrogens with zero attached hydrogens (tertiary/aromatic N) is 5. The molecule has 0 N–H and O–H groups in total. The molecule has 2 aliphatic heterocycles. The summed E-state index contributed by atoms with van der Waals surface area (Å²) >= 11 is 0. The van der Waals surface area contributed by atoms with Crippen LogP contribution in [0.15, 0.2) is 16.5 Å². The van der Waals surface area contributed by atoms with Crippen LogP contribution in [0.2, 0.25) is 0 Å². The summed E-state index contributed by atoms with van der Waals surface area (Å²) in [5, 5.41) is 16.8. The molecule has 3 heterocycles. The van der Waals surface area contributed by atoms with Crippen LogP contribution in [0.25, 0.3) is 0 Å². The van der Waals surface area contributed by atoms with Crippen molar-refractivity contribution in [2.45, 2.75) is 31.0 Å². The van der Waals surface area contributed by atoms with Crippen molar-refractivity contribution in [3.05, 3.63) is 17.8 Å². The molecule has 0 aromatic carbocycles. The topological polar surface area (TPSA) is 109 Å². The van der Waals surface area contributed by atoms with E-state index in [0.29, 0.717) is 38.4 Å². The molecular formula is C17H20FN5O3S. The number of carbonyl (C=O) groups is 1. The van der Waals surface area contributed by atoms with Crippen LogP contribution in [0.3, 0.4) is 0 Å². The van der Waals surface area contributed by atoms with Crippen LogP contribution in [0.1, 0.15) is 25.0 Å². The van der Waals surface area contributed by atoms with Crippen molar-refractivity contribution in [3.63, 3.8) is 0 Å². The minimum Gasteiger partial charge on any atom is -0.371 e. The van der Waals surface area contributed by atoms with E-state index in [4.69, 9.17) is 10.00 Å². The Kier molecular flexibility index (Phi) is 4.60. The predicted octanol–water partition coefficient (Wildman–Crippen LogP) is 1.07. The SMILES string of the molecule is N#Cc1ccc(N2CCOC3(CCS(=O)(=NC(=O)C4CC4F)CC3)C2)nn1. The van der Waals surface area contributed by atoms with Crippen molar-refractivity contribution in [3.8, 4) is 6.07 Å². The van der Waals surface area contributed by atoms with Gasteiger partial charge in [-0.3, -0.25) is 4.79 Å². The van der Waals surface area contributed by atoms with Crippen molar-refractivity contribution < 1.29 is 18.1 Å². The maximum absolute atomic E-state index is 13.0. The molecule has 144 valence electrons. The fourth-order valence-corrected chi connectivity index (χ4v) is 5.79. The van der Waals surface area contributed by atoms with Gasteiger partial charge in [-0.1, -0.05) is 0 Å². The van der Waals surface area contributed by atoms with Crippen molar-refractivity contribution in [2.24, 2.45) is 10.3 Å². The van der Waals surface area contributed by atoms with E-state index in [-0.39, 0.29) is 23.6 Å². The first-order valence-corrected chi connectivity index (χ1v) is 10.8. The molecule has 0 bridgehead atoms. The number of rotatable bonds is 2. The molecule has 2 unspecified atom stereocenters. The number of halogens is 1. The van der Waals surface area contributed by atoms with Gasteiger partial charge in [0, 0.05) is 24.6 Å². The quantitative estimate of drug-likeness (QED) is 0.739. The molecule has 1 aromatic heterocycles. The van der Waals surface area contributed by atoms with Crippen LogP contribution in [0.5, 0.6) is 0 Å². The fraction of sp³-hybridized carbons (Fsp3) is 0.647. The van der Waals surface area contributed by atoms with E-state index >= 15 is 0 Å². The maximum Gasteiger partial charge on any atom is 0.259 e. The van der Waals surface area contributed by atoms with Crippen LogP contribution in [-0.4, -0.2) is 63.3 Å². The number of amides is 1. The number of hydrogen-bond acceptors (Lipinski definition) is 7. The smallest absolute Gasteiger partial charge is 0.259 e. The molecule has 0 radical (unpaired) electrons. The Morgan fingerprint density at radius 1 is 1.41 bits per heavy atom. The molecule has 10 heteroatoms. The zero-order chi connectivity index (χ0) is 19.1. The standard InChI is InChI=1S/C17H20FN5O3S/c18-14-9-13(14)16(24)22-27(25)7-3-17(4-8-27)11-23(5-6-26-17)15-2-1-12(10-19)20-21-15/h1-2,13-14H,3-9,11H2. The average Bonchev–Trinajstić information content (AvgIpc) is 3.42. The van der Waals surface area contributed by atoms with Gasteiger partial charge in [-0.25, -0.2) is 8.60 Å². The number of carbonyl (C=O) groups excluding carboxylic acids is 1. The van der Waals surface area contributed by atoms with Gasteiger partial charge in [0.1, 0.15) is 12.2 Å². The van der Waals surface area contributed by atoms with Crippen molar-refractivity contribution in [2.75, 3.05) is 36.1 Å². The minimum atomic E-state index is -2.64. The number of hydrogen-bond donors (Lipinski definition) is 0. The summed E-state index contributed by atoms with van der Waals surface area (Å²) < 4.78 is 35.8. The molecule has 1 aliphatic carbocycles. The number of ether oxygens (including phenoxy) is 1. The highest BCUT2D eigenvalue weighted by molar-refractivity contribution is 7.93. The lowest BCUT2D eigenvalue weighted by molar-refractivity contribution is -0.119. The van der Waals surface area contributed by atoms with E-state index < -0.39 is 33.3 Å². The zero-order valence-corrected chi connectivity index (χ0v) is 15.5. The van der Waals surface area contributed by atoms with Crippen LogP contribution < -0.4 is 4.90 Å². The number of anilines is 1. The number of morpholine rings is 1. The second kappa shape index (κ2) is 6.80. The molecule has 27 heavy (non-hydrogen) atoms. The molecule has 1 spiro atoms. The summed E-state index contributed by atoms with van der Waals surface area (Å²) in [5.74, 6) is -0.0198. The second-order valence-electron chi connectivity index (χ2n) is 7.31. The van der Waals surface area contributed by atoms with E-state index in [2.05, 4.69) is 14.6 Å². The highest BCUT2D eigenvalue weighted by Crippen LogP contribution is 2.37. The van der Waals surface area contributed by atoms with Gasteiger partial charge in [-0.05, 0) is 31.4 Å². The first-order valence-electron chi connectivity index (χ1n) is 8.95. The third-order valence-electron chi connectivity index (χ3n) is 5.38. The number of alkyl halides is 1. The fourth-order valence-electron chi connectivity index (χ4n) is 3.56. The Morgan fingerprint density at radius 2 is 2.15 bits per heavy atom. The molecule has 3 aliphatic rings. The second-order valence-corrected chi connectivity index (χ2v) is 9.85. The van der Waals surface area contributed by atoms with Crippen LogP contribution in [-0.2, 0) is 19.3 Å². The number of nitriles is 1. The van der Waals surface area contributed by atoms with Gasteiger partial charge >= 0.3 is 0 Å². The highest BCUT2D eigenvalue weighted by atomic mass is 32.2. The lowest BCUT2D eigenvalue weighted by atomic mass is 9.94. The minimum absolute atomic E-state index is 0.200. The van der Waals surface area contributed by atoms with Gasteiger partial charge in [-0.15, -0.1) is 10.2 Å². The van der Waals surface area contributed by atoms with Gasteiger partial charge in [0.25, 0.3) is 5.91 Å². The Balaban J connectivity index is 1.44. The maximum atomic E-state index is 13.0. The predicted molar refractivity (Wildman–Crippen MR) is 95.2 cm³/mol. The Hall–Kier alpha value is -2.12. The molecule has 8 nitrogen and oxygen atoms in total. The van der Waals surface area contributed by atoms with Gasteiger partial charge in [-0.2, -0.15) is 9.62 Å². The summed E-state index contributed by atoms with van der Waals surface area (Å²) in [6.45, 7) is 1.73. The Labute approximate surface area is 156 Å². The van der Waals surface area contributed by atoms with Gasteiger partial charge in [0.15, 0.2) is 11.5 Å². The monoisotopic (exact) mass is 393 g/mol. The molecule has 1 amide bonds. The van der Waals surface area contributed by atoms with Gasteiger partial charge < -0.3 is 9.64 Å². The Bertz CT molecular complexity index is 892. The molecule has 2 atom stereocenters. The number of aromatic nitrogens is 2. The molecule has 1 saturated carbocycles.